The van der Waals surface area contributed by atoms with Crippen molar-refractivity contribution in [3.05, 3.63) is 53.3 Å². The number of nitrogens with zero attached hydrogens (tertiary/aromatic N) is 6. The highest BCUT2D eigenvalue weighted by Gasteiger charge is 2.25. The van der Waals surface area contributed by atoms with Crippen molar-refractivity contribution < 1.29 is 19.0 Å². The number of hydrogen-bond acceptors (Lipinski definition) is 8. The smallest absolute Gasteiger partial charge is 0.450 e. The largest absolute Gasteiger partial charge is 0.506 e. The maximum absolute atomic E-state index is 13.3. The SMILES string of the molecule is CCc1nc2ccc(N3CCC(OC(=O)O)CC3)nn2c1N(C)c1nc(-c2ccc(F)cc2)cs1. The van der Waals surface area contributed by atoms with Gasteiger partial charge in [-0.1, -0.05) is 6.92 Å². The number of carbonyl (C=O) groups is 1. The van der Waals surface area contributed by atoms with E-state index in [1.807, 2.05) is 34.0 Å². The van der Waals surface area contributed by atoms with Crippen LogP contribution >= 0.6 is 11.3 Å². The second kappa shape index (κ2) is 9.49. The molecule has 4 heterocycles. The number of aromatic nitrogens is 4. The Balaban J connectivity index is 1.43. The molecule has 1 aliphatic rings. The molecule has 0 amide bonds. The lowest BCUT2D eigenvalue weighted by atomic mass is 10.1. The van der Waals surface area contributed by atoms with E-state index in [1.165, 1.54) is 23.5 Å². The molecule has 3 aromatic heterocycles. The van der Waals surface area contributed by atoms with E-state index < -0.39 is 6.16 Å². The van der Waals surface area contributed by atoms with Crippen LogP contribution in [0.25, 0.3) is 16.9 Å². The zero-order valence-corrected chi connectivity index (χ0v) is 20.2. The number of rotatable bonds is 6. The van der Waals surface area contributed by atoms with E-state index in [2.05, 4.69) is 11.8 Å². The summed E-state index contributed by atoms with van der Waals surface area (Å²) in [5.74, 6) is 1.36. The van der Waals surface area contributed by atoms with Gasteiger partial charge in [0.1, 0.15) is 17.7 Å². The third-order valence-electron chi connectivity index (χ3n) is 6.11. The number of thiazole rings is 1. The lowest BCUT2D eigenvalue weighted by Gasteiger charge is -2.31. The summed E-state index contributed by atoms with van der Waals surface area (Å²) in [6.45, 7) is 3.37. The highest BCUT2D eigenvalue weighted by molar-refractivity contribution is 7.14. The summed E-state index contributed by atoms with van der Waals surface area (Å²) in [5.41, 5.74) is 3.28. The number of carboxylic acid groups (broad SMARTS) is 1. The summed E-state index contributed by atoms with van der Waals surface area (Å²) in [6, 6.07) is 10.2. The molecule has 1 aliphatic heterocycles. The molecule has 1 aromatic carbocycles. The average molecular weight is 497 g/mol. The molecule has 0 unspecified atom stereocenters. The monoisotopic (exact) mass is 496 g/mol. The van der Waals surface area contributed by atoms with Gasteiger partial charge in [-0.05, 0) is 42.8 Å². The van der Waals surface area contributed by atoms with Crippen LogP contribution in [0.3, 0.4) is 0 Å². The number of imidazole rings is 1. The normalized spacial score (nSPS) is 14.4. The van der Waals surface area contributed by atoms with Gasteiger partial charge in [-0.2, -0.15) is 4.52 Å². The molecule has 1 saturated heterocycles. The molecule has 0 saturated carbocycles. The fourth-order valence-electron chi connectivity index (χ4n) is 4.31. The van der Waals surface area contributed by atoms with Crippen LogP contribution < -0.4 is 9.80 Å². The molecule has 4 aromatic rings. The van der Waals surface area contributed by atoms with Gasteiger partial charge in [-0.25, -0.2) is 19.2 Å². The highest BCUT2D eigenvalue weighted by Crippen LogP contribution is 2.34. The van der Waals surface area contributed by atoms with E-state index in [0.29, 0.717) is 25.9 Å². The van der Waals surface area contributed by atoms with Crippen LogP contribution in [0, 0.1) is 5.82 Å². The predicted molar refractivity (Wildman–Crippen MR) is 132 cm³/mol. The molecule has 11 heteroatoms. The first-order valence-corrected chi connectivity index (χ1v) is 12.3. The zero-order valence-electron chi connectivity index (χ0n) is 19.4. The second-order valence-electron chi connectivity index (χ2n) is 8.35. The van der Waals surface area contributed by atoms with Gasteiger partial charge >= 0.3 is 6.16 Å². The Bertz CT molecular complexity index is 1350. The summed E-state index contributed by atoms with van der Waals surface area (Å²) >= 11 is 1.50. The third kappa shape index (κ3) is 4.63. The molecule has 0 bridgehead atoms. The van der Waals surface area contributed by atoms with Crippen molar-refractivity contribution in [1.29, 1.82) is 0 Å². The van der Waals surface area contributed by atoms with Gasteiger partial charge in [0.05, 0.1) is 11.4 Å². The summed E-state index contributed by atoms with van der Waals surface area (Å²) in [7, 11) is 1.94. The zero-order chi connectivity index (χ0) is 24.5. The quantitative estimate of drug-likeness (QED) is 0.373. The van der Waals surface area contributed by atoms with Crippen molar-refractivity contribution in [1.82, 2.24) is 19.6 Å². The van der Waals surface area contributed by atoms with E-state index >= 15 is 0 Å². The van der Waals surface area contributed by atoms with Crippen molar-refractivity contribution in [3.63, 3.8) is 0 Å². The predicted octanol–water partition coefficient (Wildman–Crippen LogP) is 4.99. The summed E-state index contributed by atoms with van der Waals surface area (Å²) < 4.78 is 20.1. The lowest BCUT2D eigenvalue weighted by Crippen LogP contribution is -2.38. The number of aryl methyl sites for hydroxylation is 1. The minimum Gasteiger partial charge on any atom is -0.450 e. The standard InChI is InChI=1S/C24H25FN6O3S/c1-3-18-22(29(2)23-27-19(14-35-23)15-4-6-16(25)7-5-15)31-20(26-18)8-9-21(28-31)30-12-10-17(11-13-30)34-24(32)33/h4-9,14,17H,3,10-13H2,1-2H3,(H,32,33). The summed E-state index contributed by atoms with van der Waals surface area (Å²) in [5, 5.41) is 16.5. The number of benzene rings is 1. The number of piperidine rings is 1. The van der Waals surface area contributed by atoms with E-state index in [0.717, 1.165) is 45.8 Å². The Morgan fingerprint density at radius 3 is 2.63 bits per heavy atom. The molecule has 1 fully saturated rings. The van der Waals surface area contributed by atoms with Crippen LogP contribution in [0.1, 0.15) is 25.5 Å². The summed E-state index contributed by atoms with van der Waals surface area (Å²) in [4.78, 5) is 24.5. The van der Waals surface area contributed by atoms with Crippen molar-refractivity contribution in [2.45, 2.75) is 32.3 Å². The van der Waals surface area contributed by atoms with Crippen molar-refractivity contribution in [3.8, 4) is 11.3 Å². The third-order valence-corrected chi connectivity index (χ3v) is 7.03. The molecular formula is C24H25FN6O3S. The van der Waals surface area contributed by atoms with E-state index in [-0.39, 0.29) is 11.9 Å². The minimum atomic E-state index is -1.23. The second-order valence-corrected chi connectivity index (χ2v) is 9.19. The molecule has 0 spiro atoms. The van der Waals surface area contributed by atoms with E-state index in [9.17, 15) is 9.18 Å². The van der Waals surface area contributed by atoms with Gasteiger partial charge in [-0.15, -0.1) is 16.4 Å². The molecular weight excluding hydrogens is 471 g/mol. The van der Waals surface area contributed by atoms with Gasteiger partial charge in [0.15, 0.2) is 16.6 Å². The number of ether oxygens (including phenoxy) is 1. The lowest BCUT2D eigenvalue weighted by molar-refractivity contribution is 0.0415. The van der Waals surface area contributed by atoms with Crippen LogP contribution in [0.5, 0.6) is 0 Å². The average Bonchev–Trinajstić information content (AvgIpc) is 3.49. The van der Waals surface area contributed by atoms with Gasteiger partial charge in [-0.3, -0.25) is 0 Å². The van der Waals surface area contributed by atoms with Gasteiger partial charge in [0, 0.05) is 43.9 Å². The first kappa shape index (κ1) is 23.0. The highest BCUT2D eigenvalue weighted by atomic mass is 32.1. The maximum Gasteiger partial charge on any atom is 0.506 e. The molecule has 0 atom stereocenters. The first-order chi connectivity index (χ1) is 16.9. The summed E-state index contributed by atoms with van der Waals surface area (Å²) in [6.07, 6.45) is 0.453. The van der Waals surface area contributed by atoms with Crippen LogP contribution in [0.4, 0.5) is 26.0 Å². The number of fused-ring (bicyclic) bond motifs is 1. The number of halogens is 1. The number of hydrogen-bond donors (Lipinski definition) is 1. The molecule has 182 valence electrons. The van der Waals surface area contributed by atoms with Gasteiger partial charge in [0.25, 0.3) is 0 Å². The minimum absolute atomic E-state index is 0.278. The topological polar surface area (TPSA) is 96.1 Å². The van der Waals surface area contributed by atoms with E-state index in [4.69, 9.17) is 24.9 Å². The molecule has 5 rings (SSSR count). The molecule has 1 N–H and O–H groups in total. The Labute approximate surface area is 205 Å². The number of anilines is 3. The first-order valence-electron chi connectivity index (χ1n) is 11.4. The Morgan fingerprint density at radius 1 is 1.20 bits per heavy atom. The Morgan fingerprint density at radius 2 is 1.94 bits per heavy atom. The van der Waals surface area contributed by atoms with Crippen molar-refractivity contribution in [2.24, 2.45) is 0 Å². The van der Waals surface area contributed by atoms with Gasteiger partial charge in [0.2, 0.25) is 0 Å². The van der Waals surface area contributed by atoms with Crippen LogP contribution in [0.15, 0.2) is 41.8 Å². The molecule has 9 nitrogen and oxygen atoms in total. The van der Waals surface area contributed by atoms with Crippen LogP contribution in [-0.2, 0) is 11.2 Å². The Hall–Kier alpha value is -3.73. The maximum atomic E-state index is 13.3. The van der Waals surface area contributed by atoms with Gasteiger partial charge < -0.3 is 19.6 Å². The Kier molecular flexibility index (Phi) is 6.25. The van der Waals surface area contributed by atoms with Crippen LogP contribution in [0.2, 0.25) is 0 Å². The van der Waals surface area contributed by atoms with Crippen molar-refractivity contribution >= 4 is 39.9 Å². The molecule has 35 heavy (non-hydrogen) atoms. The van der Waals surface area contributed by atoms with E-state index in [1.54, 1.807) is 12.1 Å². The fourth-order valence-corrected chi connectivity index (χ4v) is 5.11. The molecule has 0 radical (unpaired) electrons. The van der Waals surface area contributed by atoms with Crippen molar-refractivity contribution in [2.75, 3.05) is 29.9 Å². The fraction of sp³-hybridized carbons (Fsp3) is 0.333. The van der Waals surface area contributed by atoms with Crippen LogP contribution in [-0.4, -0.2) is 57.1 Å². The molecule has 0 aliphatic carbocycles.